The van der Waals surface area contributed by atoms with E-state index in [1.54, 1.807) is 16.9 Å². The summed E-state index contributed by atoms with van der Waals surface area (Å²) in [6.45, 7) is 12.4. The van der Waals surface area contributed by atoms with Crippen molar-refractivity contribution in [3.63, 3.8) is 0 Å². The fourth-order valence-corrected chi connectivity index (χ4v) is 4.02. The van der Waals surface area contributed by atoms with Gasteiger partial charge in [-0.2, -0.15) is 0 Å². The number of carbonyl (C=O) groups excluding carboxylic acids is 2. The van der Waals surface area contributed by atoms with E-state index in [2.05, 4.69) is 45.1 Å². The molecule has 2 rings (SSSR count). The number of carbonyl (C=O) groups is 2. The molecule has 7 nitrogen and oxygen atoms in total. The molecule has 0 spiro atoms. The SMILES string of the molecule is CCCN(CC(=O)N(CCOC)Cc1cccn1C)C(=O)Nc1c(C(C)C)cccc1C(C)C. The number of urea groups is 1. The van der Waals surface area contributed by atoms with Gasteiger partial charge in [0.1, 0.15) is 6.54 Å². The number of benzene rings is 1. The summed E-state index contributed by atoms with van der Waals surface area (Å²) in [6.07, 6.45) is 2.73. The molecule has 0 saturated carbocycles. The van der Waals surface area contributed by atoms with Crippen LogP contribution in [0, 0.1) is 0 Å². The molecule has 1 N–H and O–H groups in total. The van der Waals surface area contributed by atoms with Crippen LogP contribution in [0.2, 0.25) is 0 Å². The molecular formula is C27H42N4O3. The van der Waals surface area contributed by atoms with E-state index in [4.69, 9.17) is 4.74 Å². The number of amides is 3. The normalized spacial score (nSPS) is 11.2. The fraction of sp³-hybridized carbons (Fsp3) is 0.556. The third-order valence-electron chi connectivity index (χ3n) is 6.03. The van der Waals surface area contributed by atoms with Crippen molar-refractivity contribution in [1.82, 2.24) is 14.4 Å². The quantitative estimate of drug-likeness (QED) is 0.464. The van der Waals surface area contributed by atoms with Crippen molar-refractivity contribution in [2.24, 2.45) is 7.05 Å². The van der Waals surface area contributed by atoms with Crippen LogP contribution in [0.1, 0.15) is 69.7 Å². The smallest absolute Gasteiger partial charge is 0.322 e. The minimum atomic E-state index is -0.240. The number of nitrogens with one attached hydrogen (secondary N) is 1. The van der Waals surface area contributed by atoms with Crippen LogP contribution in [-0.2, 0) is 23.1 Å². The number of anilines is 1. The van der Waals surface area contributed by atoms with Gasteiger partial charge in [0, 0.05) is 44.8 Å². The summed E-state index contributed by atoms with van der Waals surface area (Å²) in [6, 6.07) is 9.89. The summed E-state index contributed by atoms with van der Waals surface area (Å²) in [5.41, 5.74) is 4.11. The van der Waals surface area contributed by atoms with Gasteiger partial charge in [0.15, 0.2) is 0 Å². The van der Waals surface area contributed by atoms with E-state index in [9.17, 15) is 9.59 Å². The highest BCUT2D eigenvalue weighted by atomic mass is 16.5. The Labute approximate surface area is 205 Å². The molecule has 0 atom stereocenters. The number of aryl methyl sites for hydroxylation is 1. The van der Waals surface area contributed by atoms with E-state index in [0.29, 0.717) is 26.2 Å². The molecule has 2 aromatic rings. The zero-order chi connectivity index (χ0) is 25.3. The second-order valence-corrected chi connectivity index (χ2v) is 9.39. The molecule has 0 aliphatic carbocycles. The van der Waals surface area contributed by atoms with Gasteiger partial charge in [-0.1, -0.05) is 52.8 Å². The van der Waals surface area contributed by atoms with Crippen LogP contribution in [0.4, 0.5) is 10.5 Å². The Morgan fingerprint density at radius 1 is 1.00 bits per heavy atom. The third-order valence-corrected chi connectivity index (χ3v) is 6.03. The molecule has 3 amide bonds. The average Bonchev–Trinajstić information content (AvgIpc) is 3.20. The minimum Gasteiger partial charge on any atom is -0.383 e. The summed E-state index contributed by atoms with van der Waals surface area (Å²) in [7, 11) is 3.59. The zero-order valence-electron chi connectivity index (χ0n) is 21.9. The molecule has 1 aromatic heterocycles. The van der Waals surface area contributed by atoms with Crippen molar-refractivity contribution in [2.75, 3.05) is 38.7 Å². The van der Waals surface area contributed by atoms with Crippen LogP contribution >= 0.6 is 0 Å². The van der Waals surface area contributed by atoms with Crippen molar-refractivity contribution in [2.45, 2.75) is 59.4 Å². The predicted octanol–water partition coefficient (Wildman–Crippen LogP) is 5.19. The number of nitrogens with zero attached hydrogens (tertiary/aromatic N) is 3. The Hall–Kier alpha value is -2.80. The van der Waals surface area contributed by atoms with Crippen molar-refractivity contribution >= 4 is 17.6 Å². The highest BCUT2D eigenvalue weighted by Gasteiger charge is 2.24. The summed E-state index contributed by atoms with van der Waals surface area (Å²) >= 11 is 0. The molecule has 1 aromatic carbocycles. The Morgan fingerprint density at radius 3 is 2.15 bits per heavy atom. The Bertz CT molecular complexity index is 909. The number of ether oxygens (including phenoxy) is 1. The molecule has 7 heteroatoms. The maximum Gasteiger partial charge on any atom is 0.322 e. The van der Waals surface area contributed by atoms with Gasteiger partial charge in [-0.05, 0) is 41.5 Å². The number of para-hydroxylation sites is 1. The van der Waals surface area contributed by atoms with Gasteiger partial charge in [0.05, 0.1) is 13.2 Å². The van der Waals surface area contributed by atoms with Gasteiger partial charge in [-0.3, -0.25) is 4.79 Å². The van der Waals surface area contributed by atoms with Crippen molar-refractivity contribution in [3.8, 4) is 0 Å². The Morgan fingerprint density at radius 2 is 1.65 bits per heavy atom. The lowest BCUT2D eigenvalue weighted by Gasteiger charge is -2.29. The molecular weight excluding hydrogens is 428 g/mol. The third kappa shape index (κ3) is 7.35. The highest BCUT2D eigenvalue weighted by molar-refractivity contribution is 5.94. The predicted molar refractivity (Wildman–Crippen MR) is 138 cm³/mol. The number of methoxy groups -OCH3 is 1. The second kappa shape index (κ2) is 13.2. The fourth-order valence-electron chi connectivity index (χ4n) is 4.02. The monoisotopic (exact) mass is 470 g/mol. The van der Waals surface area contributed by atoms with E-state index < -0.39 is 0 Å². The van der Waals surface area contributed by atoms with Gasteiger partial charge in [0.25, 0.3) is 0 Å². The van der Waals surface area contributed by atoms with Crippen molar-refractivity contribution < 1.29 is 14.3 Å². The first-order valence-corrected chi connectivity index (χ1v) is 12.2. The van der Waals surface area contributed by atoms with E-state index in [0.717, 1.165) is 28.9 Å². The molecule has 0 radical (unpaired) electrons. The largest absolute Gasteiger partial charge is 0.383 e. The van der Waals surface area contributed by atoms with Crippen LogP contribution < -0.4 is 5.32 Å². The highest BCUT2D eigenvalue weighted by Crippen LogP contribution is 2.32. The minimum absolute atomic E-state index is 0.0225. The average molecular weight is 471 g/mol. The lowest BCUT2D eigenvalue weighted by molar-refractivity contribution is -0.133. The van der Waals surface area contributed by atoms with Crippen LogP contribution in [0.3, 0.4) is 0 Å². The lowest BCUT2D eigenvalue weighted by atomic mass is 9.93. The molecule has 34 heavy (non-hydrogen) atoms. The Kier molecular flexibility index (Phi) is 10.6. The summed E-state index contributed by atoms with van der Waals surface area (Å²) in [5.74, 6) is 0.443. The molecule has 0 saturated heterocycles. The van der Waals surface area contributed by atoms with Gasteiger partial charge in [-0.25, -0.2) is 4.79 Å². The Balaban J connectivity index is 2.23. The van der Waals surface area contributed by atoms with Gasteiger partial charge < -0.3 is 24.4 Å². The van der Waals surface area contributed by atoms with Crippen LogP contribution in [0.5, 0.6) is 0 Å². The van der Waals surface area contributed by atoms with Gasteiger partial charge in [0.2, 0.25) is 5.91 Å². The number of aromatic nitrogens is 1. The lowest BCUT2D eigenvalue weighted by Crippen LogP contribution is -2.45. The van der Waals surface area contributed by atoms with Gasteiger partial charge >= 0.3 is 6.03 Å². The van der Waals surface area contributed by atoms with Crippen LogP contribution in [0.15, 0.2) is 36.5 Å². The van der Waals surface area contributed by atoms with Crippen LogP contribution in [-0.4, -0.2) is 59.7 Å². The first-order valence-electron chi connectivity index (χ1n) is 12.2. The van der Waals surface area contributed by atoms with Crippen molar-refractivity contribution in [1.29, 1.82) is 0 Å². The first kappa shape index (κ1) is 27.4. The molecule has 0 aliphatic heterocycles. The van der Waals surface area contributed by atoms with E-state index in [1.165, 1.54) is 0 Å². The summed E-state index contributed by atoms with van der Waals surface area (Å²) in [4.78, 5) is 30.1. The summed E-state index contributed by atoms with van der Waals surface area (Å²) in [5, 5.41) is 3.16. The molecule has 0 fully saturated rings. The van der Waals surface area contributed by atoms with Crippen LogP contribution in [0.25, 0.3) is 0 Å². The second-order valence-electron chi connectivity index (χ2n) is 9.39. The molecule has 0 bridgehead atoms. The molecule has 0 unspecified atom stereocenters. The number of hydrogen-bond acceptors (Lipinski definition) is 3. The molecule has 0 aliphatic rings. The van der Waals surface area contributed by atoms with E-state index >= 15 is 0 Å². The topological polar surface area (TPSA) is 66.8 Å². The zero-order valence-corrected chi connectivity index (χ0v) is 21.9. The number of hydrogen-bond donors (Lipinski definition) is 1. The van der Waals surface area contributed by atoms with E-state index in [1.807, 2.05) is 42.9 Å². The first-order chi connectivity index (χ1) is 16.2. The molecule has 188 valence electrons. The van der Waals surface area contributed by atoms with Gasteiger partial charge in [-0.15, -0.1) is 0 Å². The summed E-state index contributed by atoms with van der Waals surface area (Å²) < 4.78 is 7.23. The maximum absolute atomic E-state index is 13.4. The maximum atomic E-state index is 13.4. The van der Waals surface area contributed by atoms with E-state index in [-0.39, 0.29) is 30.3 Å². The standard InChI is InChI=1S/C27H42N4O3/c1-8-14-31(19-25(32)30(16-17-34-7)18-22-11-10-15-29(22)6)27(33)28-26-23(20(2)3)12-9-13-24(26)21(4)5/h9-13,15,20-21H,8,14,16-19H2,1-7H3,(H,28,33). The molecule has 1 heterocycles. The van der Waals surface area contributed by atoms with Crippen molar-refractivity contribution in [3.05, 3.63) is 53.3 Å². The number of rotatable bonds is 12.